The van der Waals surface area contributed by atoms with Gasteiger partial charge in [-0.25, -0.2) is 4.68 Å². The largest absolute Gasteiger partial charge is 0.394 e. The number of aliphatic hydroxyl groups excluding tert-OH is 1. The van der Waals surface area contributed by atoms with Crippen molar-refractivity contribution >= 4 is 16.7 Å². The van der Waals surface area contributed by atoms with Gasteiger partial charge >= 0.3 is 0 Å². The zero-order valence-corrected chi connectivity index (χ0v) is 14.8. The second kappa shape index (κ2) is 7.49. The van der Waals surface area contributed by atoms with Gasteiger partial charge in [-0.15, -0.1) is 0 Å². The van der Waals surface area contributed by atoms with E-state index >= 15 is 0 Å². The number of aromatic nitrogens is 2. The van der Waals surface area contributed by atoms with Crippen LogP contribution in [0.5, 0.6) is 0 Å². The maximum atomic E-state index is 12.2. The molecule has 0 spiro atoms. The van der Waals surface area contributed by atoms with Crippen LogP contribution in [0.2, 0.25) is 0 Å². The number of nitrogens with zero attached hydrogens (tertiary/aromatic N) is 2. The van der Waals surface area contributed by atoms with Crippen molar-refractivity contribution in [3.8, 4) is 11.3 Å². The molecule has 3 rings (SSSR count). The van der Waals surface area contributed by atoms with Crippen LogP contribution in [0, 0.1) is 0 Å². The summed E-state index contributed by atoms with van der Waals surface area (Å²) in [6.07, 6.45) is 0.661. The van der Waals surface area contributed by atoms with E-state index in [1.807, 2.05) is 37.3 Å². The van der Waals surface area contributed by atoms with Crippen molar-refractivity contribution < 1.29 is 9.90 Å². The number of benzene rings is 2. The number of aryl methyl sites for hydroxylation is 1. The molecule has 1 atom stereocenters. The maximum absolute atomic E-state index is 12.2. The van der Waals surface area contributed by atoms with Crippen molar-refractivity contribution in [2.45, 2.75) is 19.4 Å². The average Bonchev–Trinajstić information content (AvgIpc) is 2.69. The molecule has 6 nitrogen and oxygen atoms in total. The van der Waals surface area contributed by atoms with Gasteiger partial charge in [0.2, 0.25) is 0 Å². The Bertz CT molecular complexity index is 989. The molecule has 0 bridgehead atoms. The quantitative estimate of drug-likeness (QED) is 0.737. The zero-order valence-electron chi connectivity index (χ0n) is 14.8. The highest BCUT2D eigenvalue weighted by molar-refractivity contribution is 5.96. The van der Waals surface area contributed by atoms with Crippen LogP contribution in [0.4, 0.5) is 0 Å². The van der Waals surface area contributed by atoms with Gasteiger partial charge in [-0.05, 0) is 24.6 Å². The maximum Gasteiger partial charge on any atom is 0.274 e. The Labute approximate surface area is 151 Å². The third-order valence-corrected chi connectivity index (χ3v) is 4.43. The van der Waals surface area contributed by atoms with Crippen LogP contribution in [0.25, 0.3) is 22.0 Å². The molecule has 2 N–H and O–H groups in total. The molecule has 6 heteroatoms. The van der Waals surface area contributed by atoms with Crippen LogP contribution >= 0.6 is 0 Å². The number of carbonyl (C=O) groups excluding carboxylic acids is 1. The summed E-state index contributed by atoms with van der Waals surface area (Å²) < 4.78 is 1.32. The van der Waals surface area contributed by atoms with Gasteiger partial charge in [0.05, 0.1) is 23.7 Å². The number of carbonyl (C=O) groups is 1. The van der Waals surface area contributed by atoms with Gasteiger partial charge < -0.3 is 10.4 Å². The summed E-state index contributed by atoms with van der Waals surface area (Å²) in [5, 5.41) is 17.8. The lowest BCUT2D eigenvalue weighted by Crippen LogP contribution is -2.36. The Hall–Kier alpha value is -2.99. The molecule has 3 aromatic rings. The lowest BCUT2D eigenvalue weighted by Gasteiger charge is -2.14. The molecule has 0 unspecified atom stereocenters. The average molecular weight is 351 g/mol. The molecule has 0 aliphatic heterocycles. The zero-order chi connectivity index (χ0) is 18.7. The van der Waals surface area contributed by atoms with E-state index in [0.29, 0.717) is 23.1 Å². The third-order valence-electron chi connectivity index (χ3n) is 4.43. The highest BCUT2D eigenvalue weighted by Crippen LogP contribution is 2.24. The van der Waals surface area contributed by atoms with Crippen molar-refractivity contribution in [2.24, 2.45) is 7.05 Å². The predicted octanol–water partition coefficient (Wildman–Crippen LogP) is 2.10. The van der Waals surface area contributed by atoms with Gasteiger partial charge in [-0.2, -0.15) is 5.10 Å². The van der Waals surface area contributed by atoms with Gasteiger partial charge in [-0.3, -0.25) is 9.59 Å². The molecule has 0 fully saturated rings. The van der Waals surface area contributed by atoms with Crippen LogP contribution in [-0.2, 0) is 7.05 Å². The van der Waals surface area contributed by atoms with E-state index in [4.69, 9.17) is 0 Å². The number of nitrogens with one attached hydrogen (secondary N) is 1. The van der Waals surface area contributed by atoms with Crippen molar-refractivity contribution in [1.82, 2.24) is 15.1 Å². The Morgan fingerprint density at radius 1 is 1.15 bits per heavy atom. The first kappa shape index (κ1) is 17.8. The molecule has 0 radical (unpaired) electrons. The van der Waals surface area contributed by atoms with E-state index in [1.165, 1.54) is 4.68 Å². The van der Waals surface area contributed by atoms with Crippen molar-refractivity contribution in [1.29, 1.82) is 0 Å². The molecule has 1 amide bonds. The highest BCUT2D eigenvalue weighted by Gasteiger charge is 2.13. The second-order valence-corrected chi connectivity index (χ2v) is 6.16. The Morgan fingerprint density at radius 3 is 2.42 bits per heavy atom. The summed E-state index contributed by atoms with van der Waals surface area (Å²) in [6, 6.07) is 14.2. The van der Waals surface area contributed by atoms with Gasteiger partial charge in [0.1, 0.15) is 0 Å². The first-order chi connectivity index (χ1) is 12.5. The molecule has 26 heavy (non-hydrogen) atoms. The smallest absolute Gasteiger partial charge is 0.274 e. The molecular formula is C20H21N3O3. The van der Waals surface area contributed by atoms with Gasteiger partial charge in [0, 0.05) is 23.6 Å². The summed E-state index contributed by atoms with van der Waals surface area (Å²) in [5.74, 6) is -0.226. The Kier molecular flexibility index (Phi) is 5.14. The molecule has 0 aliphatic rings. The van der Waals surface area contributed by atoms with Crippen LogP contribution in [0.3, 0.4) is 0 Å². The molecule has 1 aromatic heterocycles. The fourth-order valence-electron chi connectivity index (χ4n) is 2.84. The third kappa shape index (κ3) is 3.36. The van der Waals surface area contributed by atoms with E-state index in [2.05, 4.69) is 10.4 Å². The van der Waals surface area contributed by atoms with Gasteiger partial charge in [-0.1, -0.05) is 37.3 Å². The van der Waals surface area contributed by atoms with Crippen LogP contribution in [0.15, 0.2) is 53.3 Å². The summed E-state index contributed by atoms with van der Waals surface area (Å²) in [5.41, 5.74) is 1.88. The predicted molar refractivity (Wildman–Crippen MR) is 101 cm³/mol. The number of hydrogen-bond acceptors (Lipinski definition) is 4. The van der Waals surface area contributed by atoms with E-state index in [1.54, 1.807) is 25.2 Å². The fraction of sp³-hybridized carbons (Fsp3) is 0.250. The highest BCUT2D eigenvalue weighted by atomic mass is 16.3. The Morgan fingerprint density at radius 2 is 1.81 bits per heavy atom. The number of aliphatic hydroxyl groups is 1. The van der Waals surface area contributed by atoms with E-state index in [-0.39, 0.29) is 24.1 Å². The summed E-state index contributed by atoms with van der Waals surface area (Å²) >= 11 is 0. The van der Waals surface area contributed by atoms with E-state index < -0.39 is 0 Å². The number of amides is 1. The molecular weight excluding hydrogens is 330 g/mol. The molecule has 0 saturated carbocycles. The Balaban J connectivity index is 1.97. The number of fused-ring (bicyclic) bond motifs is 1. The first-order valence-corrected chi connectivity index (χ1v) is 8.53. The monoisotopic (exact) mass is 351 g/mol. The number of hydrogen-bond donors (Lipinski definition) is 2. The van der Waals surface area contributed by atoms with Crippen molar-refractivity contribution in [3.05, 3.63) is 64.4 Å². The SMILES string of the molecule is CC[C@H](CO)NC(=O)c1ccc(-c2nn(C)c(=O)c3ccccc23)cc1. The fourth-order valence-corrected chi connectivity index (χ4v) is 2.84. The second-order valence-electron chi connectivity index (χ2n) is 6.16. The van der Waals surface area contributed by atoms with Gasteiger partial charge in [0.15, 0.2) is 0 Å². The number of rotatable bonds is 5. The minimum atomic E-state index is -0.253. The topological polar surface area (TPSA) is 84.2 Å². The van der Waals surface area contributed by atoms with Crippen LogP contribution < -0.4 is 10.9 Å². The molecule has 134 valence electrons. The lowest BCUT2D eigenvalue weighted by molar-refractivity contribution is 0.0915. The summed E-state index contributed by atoms with van der Waals surface area (Å²) in [4.78, 5) is 24.5. The molecule has 2 aromatic carbocycles. The van der Waals surface area contributed by atoms with E-state index in [0.717, 1.165) is 10.9 Å². The summed E-state index contributed by atoms with van der Waals surface area (Å²) in [6.45, 7) is 1.81. The minimum Gasteiger partial charge on any atom is -0.394 e. The molecule has 1 heterocycles. The lowest BCUT2D eigenvalue weighted by atomic mass is 10.0. The molecule has 0 aliphatic carbocycles. The minimum absolute atomic E-state index is 0.0890. The first-order valence-electron chi connectivity index (χ1n) is 8.53. The van der Waals surface area contributed by atoms with Crippen molar-refractivity contribution in [2.75, 3.05) is 6.61 Å². The molecule has 0 saturated heterocycles. The standard InChI is InChI=1S/C20H21N3O3/c1-3-15(12-24)21-19(25)14-10-8-13(9-11-14)18-16-6-4-5-7-17(16)20(26)23(2)22-18/h4-11,15,24H,3,12H2,1-2H3,(H,21,25)/t15-/m1/s1. The van der Waals surface area contributed by atoms with Crippen LogP contribution in [0.1, 0.15) is 23.7 Å². The van der Waals surface area contributed by atoms with E-state index in [9.17, 15) is 14.7 Å². The van der Waals surface area contributed by atoms with Crippen LogP contribution in [-0.4, -0.2) is 33.4 Å². The summed E-state index contributed by atoms with van der Waals surface area (Å²) in [7, 11) is 1.62. The van der Waals surface area contributed by atoms with Crippen molar-refractivity contribution in [3.63, 3.8) is 0 Å². The normalized spacial score (nSPS) is 12.1. The van der Waals surface area contributed by atoms with Gasteiger partial charge in [0.25, 0.3) is 11.5 Å².